The summed E-state index contributed by atoms with van der Waals surface area (Å²) < 4.78 is 33.8. The molecule has 0 unspecified atom stereocenters. The van der Waals surface area contributed by atoms with E-state index in [9.17, 15) is 18.4 Å². The van der Waals surface area contributed by atoms with Crippen LogP contribution in [0.1, 0.15) is 5.82 Å². The first-order chi connectivity index (χ1) is 16.5. The normalized spacial score (nSPS) is 17.1. The van der Waals surface area contributed by atoms with Crippen molar-refractivity contribution in [2.75, 3.05) is 50.8 Å². The first-order valence-corrected chi connectivity index (χ1v) is 11.0. The Morgan fingerprint density at radius 3 is 2.68 bits per heavy atom. The standard InChI is InChI=1S/C24H23F2N5O3/c25-15-5-6-16-18(13-15)28-22(29-24(16)33)21-20(32)14-31(19-4-2-1-3-17(19)26)23(21)27-7-8-30-9-11-34-12-10-30/h1-6,13,27H,7-12,14H2,(H,28,29,33). The summed E-state index contributed by atoms with van der Waals surface area (Å²) in [6.45, 7) is 3.96. The van der Waals surface area contributed by atoms with Gasteiger partial charge in [-0.05, 0) is 24.3 Å². The molecule has 0 bridgehead atoms. The van der Waals surface area contributed by atoms with Crippen LogP contribution >= 0.6 is 0 Å². The molecule has 10 heteroatoms. The molecule has 3 aromatic rings. The lowest BCUT2D eigenvalue weighted by Gasteiger charge is -2.28. The van der Waals surface area contributed by atoms with Gasteiger partial charge in [0.05, 0.1) is 36.3 Å². The van der Waals surface area contributed by atoms with Gasteiger partial charge in [-0.3, -0.25) is 14.5 Å². The zero-order valence-electron chi connectivity index (χ0n) is 18.3. The number of para-hydroxylation sites is 1. The molecule has 2 aromatic carbocycles. The Kier molecular flexibility index (Phi) is 6.08. The van der Waals surface area contributed by atoms with Gasteiger partial charge >= 0.3 is 0 Å². The summed E-state index contributed by atoms with van der Waals surface area (Å²) in [4.78, 5) is 36.6. The van der Waals surface area contributed by atoms with E-state index >= 15 is 0 Å². The summed E-state index contributed by atoms with van der Waals surface area (Å²) in [5.41, 5.74) is 0.00996. The lowest BCUT2D eigenvalue weighted by Crippen LogP contribution is -2.41. The fourth-order valence-electron chi connectivity index (χ4n) is 4.26. The summed E-state index contributed by atoms with van der Waals surface area (Å²) in [6.07, 6.45) is 0. The zero-order valence-corrected chi connectivity index (χ0v) is 18.3. The molecule has 1 fully saturated rings. The number of aromatic nitrogens is 2. The number of nitrogens with one attached hydrogen (secondary N) is 2. The van der Waals surface area contributed by atoms with Crippen LogP contribution in [0.3, 0.4) is 0 Å². The highest BCUT2D eigenvalue weighted by molar-refractivity contribution is 6.26. The van der Waals surface area contributed by atoms with Gasteiger partial charge in [0.25, 0.3) is 5.56 Å². The van der Waals surface area contributed by atoms with Crippen LogP contribution in [-0.4, -0.2) is 66.6 Å². The lowest BCUT2D eigenvalue weighted by atomic mass is 10.1. The van der Waals surface area contributed by atoms with Crippen molar-refractivity contribution in [1.29, 1.82) is 0 Å². The van der Waals surface area contributed by atoms with Gasteiger partial charge in [0.15, 0.2) is 5.78 Å². The molecule has 176 valence electrons. The third-order valence-corrected chi connectivity index (χ3v) is 5.96. The second-order valence-electron chi connectivity index (χ2n) is 8.14. The molecule has 0 radical (unpaired) electrons. The number of ether oxygens (including phenoxy) is 1. The summed E-state index contributed by atoms with van der Waals surface area (Å²) in [6, 6.07) is 9.84. The number of ketones is 1. The highest BCUT2D eigenvalue weighted by Gasteiger charge is 2.34. The van der Waals surface area contributed by atoms with Crippen molar-refractivity contribution in [2.45, 2.75) is 0 Å². The van der Waals surface area contributed by atoms with Crippen molar-refractivity contribution in [3.05, 3.63) is 76.1 Å². The first kappa shape index (κ1) is 22.2. The van der Waals surface area contributed by atoms with Crippen molar-refractivity contribution in [3.8, 4) is 0 Å². The largest absolute Gasteiger partial charge is 0.379 e. The first-order valence-electron chi connectivity index (χ1n) is 11.0. The SMILES string of the molecule is O=C1CN(c2ccccc2F)C(NCCN2CCOCC2)=C1c1nc2cc(F)ccc2c(=O)[nH]1. The topological polar surface area (TPSA) is 90.6 Å². The zero-order chi connectivity index (χ0) is 23.7. The van der Waals surface area contributed by atoms with E-state index in [2.05, 4.69) is 20.2 Å². The van der Waals surface area contributed by atoms with E-state index in [1.54, 1.807) is 23.1 Å². The van der Waals surface area contributed by atoms with Crippen LogP contribution in [0.5, 0.6) is 0 Å². The van der Waals surface area contributed by atoms with Crippen molar-refractivity contribution >= 4 is 27.9 Å². The number of benzene rings is 2. The van der Waals surface area contributed by atoms with E-state index in [4.69, 9.17) is 4.74 Å². The number of anilines is 1. The molecule has 2 aliphatic heterocycles. The Morgan fingerprint density at radius 1 is 1.09 bits per heavy atom. The Bertz CT molecular complexity index is 1330. The van der Waals surface area contributed by atoms with Gasteiger partial charge in [0, 0.05) is 32.2 Å². The van der Waals surface area contributed by atoms with Crippen molar-refractivity contribution in [1.82, 2.24) is 20.2 Å². The van der Waals surface area contributed by atoms with Crippen LogP contribution in [0.4, 0.5) is 14.5 Å². The number of H-pyrrole nitrogens is 1. The molecule has 2 N–H and O–H groups in total. The van der Waals surface area contributed by atoms with Gasteiger partial charge in [0.1, 0.15) is 28.9 Å². The smallest absolute Gasteiger partial charge is 0.259 e. The van der Waals surface area contributed by atoms with Crippen LogP contribution in [0.15, 0.2) is 53.1 Å². The maximum atomic E-state index is 14.7. The van der Waals surface area contributed by atoms with E-state index in [0.29, 0.717) is 32.1 Å². The van der Waals surface area contributed by atoms with E-state index in [0.717, 1.165) is 19.2 Å². The predicted molar refractivity (Wildman–Crippen MR) is 123 cm³/mol. The Morgan fingerprint density at radius 2 is 1.88 bits per heavy atom. The summed E-state index contributed by atoms with van der Waals surface area (Å²) in [7, 11) is 0. The van der Waals surface area contributed by atoms with E-state index in [1.807, 2.05) is 0 Å². The quantitative estimate of drug-likeness (QED) is 0.572. The third kappa shape index (κ3) is 4.29. The number of halogens is 2. The molecule has 34 heavy (non-hydrogen) atoms. The van der Waals surface area contributed by atoms with Crippen LogP contribution in [0, 0.1) is 11.6 Å². The van der Waals surface area contributed by atoms with E-state index in [1.165, 1.54) is 18.2 Å². The molecule has 0 spiro atoms. The minimum absolute atomic E-state index is 0.0146. The Hall–Kier alpha value is -3.63. The molecule has 3 heterocycles. The van der Waals surface area contributed by atoms with Crippen LogP contribution < -0.4 is 15.8 Å². The molecule has 5 rings (SSSR count). The molecule has 0 aliphatic carbocycles. The lowest BCUT2D eigenvalue weighted by molar-refractivity contribution is -0.112. The molecule has 0 atom stereocenters. The monoisotopic (exact) mass is 467 g/mol. The highest BCUT2D eigenvalue weighted by Crippen LogP contribution is 2.31. The average molecular weight is 467 g/mol. The van der Waals surface area contributed by atoms with E-state index in [-0.39, 0.29) is 40.3 Å². The molecule has 8 nitrogen and oxygen atoms in total. The summed E-state index contributed by atoms with van der Waals surface area (Å²) >= 11 is 0. The van der Waals surface area contributed by atoms with Gasteiger partial charge < -0.3 is 19.9 Å². The summed E-state index contributed by atoms with van der Waals surface area (Å²) in [5.74, 6) is -0.995. The van der Waals surface area contributed by atoms with Crippen molar-refractivity contribution < 1.29 is 18.3 Å². The number of hydrogen-bond donors (Lipinski definition) is 2. The van der Waals surface area contributed by atoms with Gasteiger partial charge in [0.2, 0.25) is 0 Å². The number of carbonyl (C=O) groups excluding carboxylic acids is 1. The van der Waals surface area contributed by atoms with Crippen molar-refractivity contribution in [2.24, 2.45) is 0 Å². The maximum Gasteiger partial charge on any atom is 0.259 e. The number of aromatic amines is 1. The Labute approximate surface area is 193 Å². The van der Waals surface area contributed by atoms with Gasteiger partial charge in [-0.1, -0.05) is 12.1 Å². The minimum Gasteiger partial charge on any atom is -0.379 e. The fraction of sp³-hybridized carbons (Fsp3) is 0.292. The molecule has 1 saturated heterocycles. The molecular formula is C24H23F2N5O3. The highest BCUT2D eigenvalue weighted by atomic mass is 19.1. The predicted octanol–water partition coefficient (Wildman–Crippen LogP) is 1.88. The second kappa shape index (κ2) is 9.32. The van der Waals surface area contributed by atoms with Gasteiger partial charge in [-0.2, -0.15) is 0 Å². The number of carbonyl (C=O) groups is 1. The number of Topliss-reactive ketones (excluding diaryl/α,β-unsaturated/α-hetero) is 1. The fourth-order valence-corrected chi connectivity index (χ4v) is 4.26. The number of hydrogen-bond acceptors (Lipinski definition) is 7. The molecular weight excluding hydrogens is 444 g/mol. The number of fused-ring (bicyclic) bond motifs is 1. The van der Waals surface area contributed by atoms with Crippen LogP contribution in [-0.2, 0) is 9.53 Å². The third-order valence-electron chi connectivity index (χ3n) is 5.96. The van der Waals surface area contributed by atoms with Crippen molar-refractivity contribution in [3.63, 3.8) is 0 Å². The van der Waals surface area contributed by atoms with Crippen LogP contribution in [0.2, 0.25) is 0 Å². The molecule has 2 aliphatic rings. The molecule has 0 amide bonds. The summed E-state index contributed by atoms with van der Waals surface area (Å²) in [5, 5.41) is 3.47. The van der Waals surface area contributed by atoms with Gasteiger partial charge in [-0.15, -0.1) is 0 Å². The minimum atomic E-state index is -0.542. The number of rotatable bonds is 6. The van der Waals surface area contributed by atoms with Crippen LogP contribution in [0.25, 0.3) is 16.5 Å². The number of nitrogens with zero attached hydrogens (tertiary/aromatic N) is 3. The van der Waals surface area contributed by atoms with E-state index < -0.39 is 17.2 Å². The number of morpholine rings is 1. The second-order valence-corrected chi connectivity index (χ2v) is 8.14. The molecule has 1 aromatic heterocycles. The maximum absolute atomic E-state index is 14.7. The van der Waals surface area contributed by atoms with Gasteiger partial charge in [-0.25, -0.2) is 13.8 Å². The molecule has 0 saturated carbocycles. The Balaban J connectivity index is 1.56. The average Bonchev–Trinajstić information content (AvgIpc) is 3.15.